The molecule has 8 heteroatoms. The summed E-state index contributed by atoms with van der Waals surface area (Å²) in [5.41, 5.74) is 2.28. The minimum Gasteiger partial charge on any atom is -0.378 e. The van der Waals surface area contributed by atoms with Crippen LogP contribution in [0.3, 0.4) is 0 Å². The van der Waals surface area contributed by atoms with Crippen LogP contribution in [0, 0.1) is 0 Å². The number of hydroxylamine groups is 2. The smallest absolute Gasteiger partial charge is 0.375 e. The fraction of sp³-hybridized carbons (Fsp3) is 0.143. The van der Waals surface area contributed by atoms with Crippen molar-refractivity contribution in [2.45, 2.75) is 6.61 Å². The van der Waals surface area contributed by atoms with Gasteiger partial charge in [0, 0.05) is 7.11 Å². The number of nitrogens with zero attached hydrogens (tertiary/aromatic N) is 2. The number of methoxy groups -OCH3 is 1. The third-order valence-corrected chi connectivity index (χ3v) is 3.89. The number of amides is 2. The average molecular weight is 318 g/mol. The third kappa shape index (κ3) is 2.28. The van der Waals surface area contributed by atoms with Crippen LogP contribution in [0.1, 0.15) is 36.1 Å². The quantitative estimate of drug-likeness (QED) is 0.797. The highest BCUT2D eigenvalue weighted by molar-refractivity contribution is 7.11. The molecule has 0 unspecified atom stereocenters. The average Bonchev–Trinajstić information content (AvgIpc) is 3.07. The van der Waals surface area contributed by atoms with Crippen molar-refractivity contribution in [3.63, 3.8) is 0 Å². The molecule has 0 atom stereocenters. The number of fused-ring (bicyclic) bond motifs is 1. The van der Waals surface area contributed by atoms with E-state index in [1.54, 1.807) is 12.1 Å². The van der Waals surface area contributed by atoms with Crippen molar-refractivity contribution in [1.82, 2.24) is 10.0 Å². The van der Waals surface area contributed by atoms with Crippen LogP contribution in [-0.2, 0) is 16.2 Å². The standard InChI is InChI=1S/C14H10N2O5S/c1-20-6-10-11(22-7-15-10)14(19)21-16-12(17)8-4-2-3-5-9(8)13(16)18/h2-5,7H,6H2,1H3. The van der Waals surface area contributed by atoms with E-state index >= 15 is 0 Å². The Bertz CT molecular complexity index is 735. The maximum atomic E-state index is 12.1. The predicted molar refractivity (Wildman–Crippen MR) is 75.2 cm³/mol. The highest BCUT2D eigenvalue weighted by Gasteiger charge is 2.39. The molecular weight excluding hydrogens is 308 g/mol. The van der Waals surface area contributed by atoms with Gasteiger partial charge in [0.15, 0.2) is 0 Å². The van der Waals surface area contributed by atoms with Gasteiger partial charge in [0.25, 0.3) is 11.8 Å². The van der Waals surface area contributed by atoms with Crippen molar-refractivity contribution in [2.24, 2.45) is 0 Å². The van der Waals surface area contributed by atoms with E-state index in [0.717, 1.165) is 11.3 Å². The summed E-state index contributed by atoms with van der Waals surface area (Å²) in [6.07, 6.45) is 0. The van der Waals surface area contributed by atoms with Crippen LogP contribution in [0.25, 0.3) is 0 Å². The molecular formula is C14H10N2O5S. The molecule has 7 nitrogen and oxygen atoms in total. The summed E-state index contributed by atoms with van der Waals surface area (Å²) < 4.78 is 4.93. The summed E-state index contributed by atoms with van der Waals surface area (Å²) in [5.74, 6) is -2.14. The fourth-order valence-corrected chi connectivity index (χ4v) is 2.72. The highest BCUT2D eigenvalue weighted by atomic mass is 32.1. The van der Waals surface area contributed by atoms with Gasteiger partial charge in [-0.25, -0.2) is 9.78 Å². The molecule has 1 aromatic heterocycles. The molecule has 1 aliphatic heterocycles. The number of aromatic nitrogens is 1. The minimum absolute atomic E-state index is 0.135. The Morgan fingerprint density at radius 3 is 2.45 bits per heavy atom. The molecule has 1 aliphatic rings. The Morgan fingerprint density at radius 1 is 1.23 bits per heavy atom. The number of benzene rings is 1. The second-order valence-corrected chi connectivity index (χ2v) is 5.24. The number of rotatable bonds is 4. The van der Waals surface area contributed by atoms with Crippen molar-refractivity contribution in [3.05, 3.63) is 51.5 Å². The van der Waals surface area contributed by atoms with E-state index in [9.17, 15) is 14.4 Å². The number of ether oxygens (including phenoxy) is 1. The van der Waals surface area contributed by atoms with Gasteiger partial charge < -0.3 is 9.57 Å². The molecule has 112 valence electrons. The topological polar surface area (TPSA) is 85.8 Å². The van der Waals surface area contributed by atoms with Gasteiger partial charge in [0.1, 0.15) is 4.88 Å². The Kier molecular flexibility index (Phi) is 3.70. The van der Waals surface area contributed by atoms with Crippen LogP contribution in [0.2, 0.25) is 0 Å². The van der Waals surface area contributed by atoms with Gasteiger partial charge in [-0.1, -0.05) is 17.2 Å². The first kappa shape index (κ1) is 14.4. The van der Waals surface area contributed by atoms with E-state index in [4.69, 9.17) is 9.57 Å². The lowest BCUT2D eigenvalue weighted by molar-refractivity contribution is -0.0582. The van der Waals surface area contributed by atoms with Crippen LogP contribution >= 0.6 is 11.3 Å². The van der Waals surface area contributed by atoms with Gasteiger partial charge in [-0.3, -0.25) is 9.59 Å². The van der Waals surface area contributed by atoms with Crippen LogP contribution in [-0.4, -0.2) is 34.9 Å². The maximum absolute atomic E-state index is 12.1. The minimum atomic E-state index is -0.816. The second-order valence-electron chi connectivity index (χ2n) is 4.39. The molecule has 2 amide bonds. The first-order valence-corrected chi connectivity index (χ1v) is 7.13. The second kappa shape index (κ2) is 5.66. The lowest BCUT2D eigenvalue weighted by Crippen LogP contribution is -2.32. The molecule has 22 heavy (non-hydrogen) atoms. The normalized spacial score (nSPS) is 13.4. The van der Waals surface area contributed by atoms with Gasteiger partial charge in [-0.2, -0.15) is 0 Å². The van der Waals surface area contributed by atoms with Crippen LogP contribution in [0.5, 0.6) is 0 Å². The summed E-state index contributed by atoms with van der Waals surface area (Å²) >= 11 is 1.05. The van der Waals surface area contributed by atoms with E-state index in [0.29, 0.717) is 10.8 Å². The number of carbonyl (C=O) groups excluding carboxylic acids is 3. The van der Waals surface area contributed by atoms with E-state index in [1.165, 1.54) is 24.8 Å². The van der Waals surface area contributed by atoms with E-state index < -0.39 is 17.8 Å². The monoisotopic (exact) mass is 318 g/mol. The molecule has 0 radical (unpaired) electrons. The van der Waals surface area contributed by atoms with Gasteiger partial charge in [0.05, 0.1) is 28.9 Å². The molecule has 3 rings (SSSR count). The number of imide groups is 1. The molecule has 1 aromatic carbocycles. The number of hydrogen-bond donors (Lipinski definition) is 0. The summed E-state index contributed by atoms with van der Waals surface area (Å²) in [6, 6.07) is 6.28. The summed E-state index contributed by atoms with van der Waals surface area (Å²) in [6.45, 7) is 0.135. The van der Waals surface area contributed by atoms with Crippen LogP contribution < -0.4 is 0 Å². The van der Waals surface area contributed by atoms with Crippen LogP contribution in [0.15, 0.2) is 29.8 Å². The number of thiazole rings is 1. The Labute approximate surface area is 129 Å². The van der Waals surface area contributed by atoms with Gasteiger partial charge >= 0.3 is 5.97 Å². The van der Waals surface area contributed by atoms with E-state index in [-0.39, 0.29) is 22.6 Å². The Balaban J connectivity index is 1.82. The van der Waals surface area contributed by atoms with Crippen molar-refractivity contribution >= 4 is 29.1 Å². The first-order chi connectivity index (χ1) is 10.6. The summed E-state index contributed by atoms with van der Waals surface area (Å²) in [5, 5.41) is 0.475. The molecule has 0 bridgehead atoms. The van der Waals surface area contributed by atoms with Gasteiger partial charge in [-0.05, 0) is 12.1 Å². The van der Waals surface area contributed by atoms with Gasteiger partial charge in [0.2, 0.25) is 0 Å². The number of carbonyl (C=O) groups is 3. The summed E-state index contributed by atoms with van der Waals surface area (Å²) in [4.78, 5) is 45.5. The zero-order valence-corrected chi connectivity index (χ0v) is 12.3. The Morgan fingerprint density at radius 2 is 1.86 bits per heavy atom. The first-order valence-electron chi connectivity index (χ1n) is 6.25. The zero-order valence-electron chi connectivity index (χ0n) is 11.4. The SMILES string of the molecule is COCc1ncsc1C(=O)ON1C(=O)c2ccccc2C1=O. The molecule has 0 saturated heterocycles. The molecule has 0 saturated carbocycles. The van der Waals surface area contributed by atoms with Crippen molar-refractivity contribution in [3.8, 4) is 0 Å². The van der Waals surface area contributed by atoms with E-state index in [1.807, 2.05) is 0 Å². The molecule has 0 fully saturated rings. The highest BCUT2D eigenvalue weighted by Crippen LogP contribution is 2.24. The molecule has 0 aliphatic carbocycles. The largest absolute Gasteiger partial charge is 0.378 e. The molecule has 2 heterocycles. The molecule has 0 N–H and O–H groups in total. The summed E-state index contributed by atoms with van der Waals surface area (Å²) in [7, 11) is 1.47. The van der Waals surface area contributed by atoms with Crippen molar-refractivity contribution in [1.29, 1.82) is 0 Å². The van der Waals surface area contributed by atoms with Crippen molar-refractivity contribution in [2.75, 3.05) is 7.11 Å². The molecule has 2 aromatic rings. The lowest BCUT2D eigenvalue weighted by Gasteiger charge is -2.12. The number of hydrogen-bond acceptors (Lipinski definition) is 7. The van der Waals surface area contributed by atoms with Crippen molar-refractivity contribution < 1.29 is 24.0 Å². The predicted octanol–water partition coefficient (Wildman–Crippen LogP) is 1.66. The molecule has 0 spiro atoms. The zero-order chi connectivity index (χ0) is 15.7. The van der Waals surface area contributed by atoms with Crippen LogP contribution in [0.4, 0.5) is 0 Å². The Hall–Kier alpha value is -2.58. The lowest BCUT2D eigenvalue weighted by atomic mass is 10.1. The van der Waals surface area contributed by atoms with E-state index in [2.05, 4.69) is 4.98 Å². The maximum Gasteiger partial charge on any atom is 0.375 e. The third-order valence-electron chi connectivity index (χ3n) is 3.04. The fourth-order valence-electron chi connectivity index (χ4n) is 2.05. The van der Waals surface area contributed by atoms with Gasteiger partial charge in [-0.15, -0.1) is 11.3 Å².